The van der Waals surface area contributed by atoms with Crippen molar-refractivity contribution < 1.29 is 19.0 Å². The number of benzene rings is 2. The molecule has 1 aliphatic rings. The quantitative estimate of drug-likeness (QED) is 0.486. The van der Waals surface area contributed by atoms with E-state index in [9.17, 15) is 14.4 Å². The third-order valence-corrected chi connectivity index (χ3v) is 6.10. The molecule has 5 rings (SSSR count). The number of para-hydroxylation sites is 2. The van der Waals surface area contributed by atoms with Gasteiger partial charge < -0.3 is 19.5 Å². The van der Waals surface area contributed by atoms with Crippen molar-refractivity contribution in [2.24, 2.45) is 0 Å². The van der Waals surface area contributed by atoms with Crippen molar-refractivity contribution in [3.8, 4) is 22.9 Å². The molecule has 1 amide bonds. The maximum Gasteiger partial charge on any atom is 0.336 e. The fourth-order valence-electron chi connectivity index (χ4n) is 3.73. The molecule has 2 aromatic heterocycles. The summed E-state index contributed by atoms with van der Waals surface area (Å²) in [6.45, 7) is 0.622. The molecule has 4 aromatic rings. The molecule has 2 aromatic carbocycles. The van der Waals surface area contributed by atoms with Crippen LogP contribution in [0.1, 0.15) is 0 Å². The van der Waals surface area contributed by atoms with Crippen LogP contribution in [0, 0.1) is 0 Å². The van der Waals surface area contributed by atoms with Crippen molar-refractivity contribution in [2.45, 2.75) is 6.54 Å². The third-order valence-electron chi connectivity index (χ3n) is 5.21. The van der Waals surface area contributed by atoms with Crippen LogP contribution in [-0.2, 0) is 11.3 Å². The lowest BCUT2D eigenvalue weighted by Crippen LogP contribution is -2.40. The molecule has 33 heavy (non-hydrogen) atoms. The van der Waals surface area contributed by atoms with E-state index in [2.05, 4.69) is 5.32 Å². The van der Waals surface area contributed by atoms with Gasteiger partial charge in [-0.05, 0) is 35.7 Å². The third kappa shape index (κ3) is 3.74. The first kappa shape index (κ1) is 20.8. The minimum atomic E-state index is -0.632. The van der Waals surface area contributed by atoms with Crippen molar-refractivity contribution in [1.29, 1.82) is 0 Å². The summed E-state index contributed by atoms with van der Waals surface area (Å²) in [5.74, 6) is 1.10. The summed E-state index contributed by atoms with van der Waals surface area (Å²) in [7, 11) is 1.47. The van der Waals surface area contributed by atoms with Gasteiger partial charge in [-0.2, -0.15) is 0 Å². The highest BCUT2D eigenvalue weighted by Gasteiger charge is 2.20. The van der Waals surface area contributed by atoms with Gasteiger partial charge in [0, 0.05) is 11.8 Å². The zero-order chi connectivity index (χ0) is 22.9. The zero-order valence-corrected chi connectivity index (χ0v) is 18.4. The Morgan fingerprint density at radius 1 is 1.09 bits per heavy atom. The molecule has 0 bridgehead atoms. The highest BCUT2D eigenvalue weighted by Crippen LogP contribution is 2.32. The molecule has 168 valence electrons. The first-order valence-corrected chi connectivity index (χ1v) is 11.0. The van der Waals surface area contributed by atoms with Crippen molar-refractivity contribution in [1.82, 2.24) is 9.13 Å². The lowest BCUT2D eigenvalue weighted by molar-refractivity contribution is -0.116. The molecule has 0 spiro atoms. The molecule has 0 fully saturated rings. The van der Waals surface area contributed by atoms with Crippen molar-refractivity contribution in [2.75, 3.05) is 25.6 Å². The van der Waals surface area contributed by atoms with Crippen LogP contribution >= 0.6 is 11.3 Å². The van der Waals surface area contributed by atoms with E-state index < -0.39 is 17.2 Å². The van der Waals surface area contributed by atoms with Gasteiger partial charge in [-0.3, -0.25) is 14.2 Å². The monoisotopic (exact) mass is 465 g/mol. The first-order chi connectivity index (χ1) is 16.1. The number of carbonyl (C=O) groups is 1. The number of ether oxygens (including phenoxy) is 3. The van der Waals surface area contributed by atoms with E-state index in [0.29, 0.717) is 52.1 Å². The molecule has 0 saturated carbocycles. The van der Waals surface area contributed by atoms with E-state index in [-0.39, 0.29) is 6.54 Å². The van der Waals surface area contributed by atoms with E-state index in [1.807, 2.05) is 0 Å². The fourth-order valence-corrected chi connectivity index (χ4v) is 4.56. The van der Waals surface area contributed by atoms with E-state index in [1.165, 1.54) is 23.0 Å². The summed E-state index contributed by atoms with van der Waals surface area (Å²) in [6, 6.07) is 13.5. The van der Waals surface area contributed by atoms with Crippen LogP contribution in [0.25, 0.3) is 15.9 Å². The molecule has 9 nitrogen and oxygen atoms in total. The molecule has 10 heteroatoms. The number of carbonyl (C=O) groups excluding carboxylic acids is 1. The molecule has 0 saturated heterocycles. The van der Waals surface area contributed by atoms with Crippen LogP contribution in [-0.4, -0.2) is 35.4 Å². The van der Waals surface area contributed by atoms with Gasteiger partial charge in [-0.15, -0.1) is 11.3 Å². The highest BCUT2D eigenvalue weighted by molar-refractivity contribution is 7.17. The van der Waals surface area contributed by atoms with E-state index in [0.717, 1.165) is 4.57 Å². The largest absolute Gasteiger partial charge is 0.495 e. The Hall–Kier alpha value is -4.05. The molecule has 1 aliphatic heterocycles. The normalized spacial score (nSPS) is 12.5. The van der Waals surface area contributed by atoms with Crippen LogP contribution in [0.4, 0.5) is 5.69 Å². The molecule has 1 N–H and O–H groups in total. The van der Waals surface area contributed by atoms with Crippen LogP contribution in [0.3, 0.4) is 0 Å². The number of hydrogen-bond donors (Lipinski definition) is 1. The number of nitrogens with one attached hydrogen (secondary N) is 1. The Bertz CT molecular complexity index is 1490. The van der Waals surface area contributed by atoms with Crippen LogP contribution in [0.15, 0.2) is 63.5 Å². The minimum absolute atomic E-state index is 0.282. The van der Waals surface area contributed by atoms with Gasteiger partial charge in [0.15, 0.2) is 11.5 Å². The van der Waals surface area contributed by atoms with Crippen molar-refractivity contribution in [3.63, 3.8) is 0 Å². The number of fused-ring (bicyclic) bond motifs is 2. The minimum Gasteiger partial charge on any atom is -0.495 e. The van der Waals surface area contributed by atoms with E-state index >= 15 is 0 Å². The van der Waals surface area contributed by atoms with Crippen LogP contribution in [0.2, 0.25) is 0 Å². The second-order valence-corrected chi connectivity index (χ2v) is 8.14. The summed E-state index contributed by atoms with van der Waals surface area (Å²) in [5, 5.41) is 4.49. The Labute approximate surface area is 191 Å². The van der Waals surface area contributed by atoms with Crippen molar-refractivity contribution in [3.05, 3.63) is 74.7 Å². The number of thiophene rings is 1. The number of amides is 1. The molecule has 0 radical (unpaired) electrons. The number of rotatable bonds is 5. The van der Waals surface area contributed by atoms with Gasteiger partial charge in [0.1, 0.15) is 30.2 Å². The Balaban J connectivity index is 1.53. The van der Waals surface area contributed by atoms with Gasteiger partial charge in [0.25, 0.3) is 5.56 Å². The van der Waals surface area contributed by atoms with Gasteiger partial charge in [-0.1, -0.05) is 12.1 Å². The molecule has 3 heterocycles. The average Bonchev–Trinajstić information content (AvgIpc) is 3.32. The number of nitrogens with zero attached hydrogens (tertiary/aromatic N) is 2. The zero-order valence-electron chi connectivity index (χ0n) is 17.6. The number of hydrogen-bond acceptors (Lipinski definition) is 7. The lowest BCUT2D eigenvalue weighted by Gasteiger charge is -2.19. The van der Waals surface area contributed by atoms with Gasteiger partial charge in [0.05, 0.1) is 18.3 Å². The van der Waals surface area contributed by atoms with E-state index in [4.69, 9.17) is 14.2 Å². The molecule has 0 atom stereocenters. The van der Waals surface area contributed by atoms with Gasteiger partial charge in [-0.25, -0.2) is 9.36 Å². The average molecular weight is 465 g/mol. The Morgan fingerprint density at radius 2 is 1.88 bits per heavy atom. The second-order valence-electron chi connectivity index (χ2n) is 7.22. The maximum atomic E-state index is 13.4. The second kappa shape index (κ2) is 8.47. The summed E-state index contributed by atoms with van der Waals surface area (Å²) in [4.78, 5) is 39.4. The molecular formula is C23H19N3O6S. The van der Waals surface area contributed by atoms with Gasteiger partial charge in [0.2, 0.25) is 5.91 Å². The van der Waals surface area contributed by atoms with Crippen molar-refractivity contribution >= 4 is 33.1 Å². The molecule has 0 unspecified atom stereocenters. The SMILES string of the molecule is COc1ccccc1-n1c(=O)c2sccc2n(CC(=O)Nc2ccc3c(c2)OCCO3)c1=O. The number of aromatic nitrogens is 2. The Morgan fingerprint density at radius 3 is 2.70 bits per heavy atom. The molecule has 0 aliphatic carbocycles. The summed E-state index contributed by atoms with van der Waals surface area (Å²) < 4.78 is 19.1. The molecular weight excluding hydrogens is 446 g/mol. The number of methoxy groups -OCH3 is 1. The van der Waals surface area contributed by atoms with E-state index in [1.54, 1.807) is 53.9 Å². The summed E-state index contributed by atoms with van der Waals surface area (Å²) in [5.41, 5.74) is 0.132. The topological polar surface area (TPSA) is 101 Å². The maximum absolute atomic E-state index is 13.4. The fraction of sp³-hybridized carbons (Fsp3) is 0.174. The summed E-state index contributed by atoms with van der Waals surface area (Å²) in [6.07, 6.45) is 0. The first-order valence-electron chi connectivity index (χ1n) is 10.1. The predicted octanol–water partition coefficient (Wildman–Crippen LogP) is 2.63. The Kier molecular flexibility index (Phi) is 5.35. The highest BCUT2D eigenvalue weighted by atomic mass is 32.1. The predicted molar refractivity (Wildman–Crippen MR) is 124 cm³/mol. The smallest absolute Gasteiger partial charge is 0.336 e. The van der Waals surface area contributed by atoms with Gasteiger partial charge >= 0.3 is 5.69 Å². The van der Waals surface area contributed by atoms with Crippen LogP contribution in [0.5, 0.6) is 17.2 Å². The lowest BCUT2D eigenvalue weighted by atomic mass is 10.2. The standard InChI is InChI=1S/C23H19N3O6S/c1-30-17-5-3-2-4-15(17)26-22(28)21-16(8-11-33-21)25(23(26)29)13-20(27)24-14-6-7-18-19(12-14)32-10-9-31-18/h2-8,11-12H,9-10,13H2,1H3,(H,24,27). The summed E-state index contributed by atoms with van der Waals surface area (Å²) >= 11 is 1.21. The number of anilines is 1. The van der Waals surface area contributed by atoms with Crippen LogP contribution < -0.4 is 30.8 Å².